The Labute approximate surface area is 140 Å². The van der Waals surface area contributed by atoms with Crippen LogP contribution in [0.15, 0.2) is 0 Å². The van der Waals surface area contributed by atoms with Crippen LogP contribution in [0.4, 0.5) is 0 Å². The summed E-state index contributed by atoms with van der Waals surface area (Å²) >= 11 is 0. The van der Waals surface area contributed by atoms with Crippen LogP contribution in [0.5, 0.6) is 0 Å². The number of amides is 1. The van der Waals surface area contributed by atoms with E-state index in [0.717, 1.165) is 72.1 Å². The van der Waals surface area contributed by atoms with E-state index in [2.05, 4.69) is 21.7 Å². The lowest BCUT2D eigenvalue weighted by molar-refractivity contribution is -0.133. The van der Waals surface area contributed by atoms with E-state index in [1.54, 1.807) is 0 Å². The predicted octanol–water partition coefficient (Wildman–Crippen LogP) is -0.0529. The zero-order chi connectivity index (χ0) is 16.1. The van der Waals surface area contributed by atoms with Crippen molar-refractivity contribution in [3.63, 3.8) is 0 Å². The van der Waals surface area contributed by atoms with Crippen molar-refractivity contribution in [2.45, 2.75) is 25.3 Å². The van der Waals surface area contributed by atoms with Crippen LogP contribution in [0, 0.1) is 0 Å². The molecule has 0 bridgehead atoms. The Balaban J connectivity index is 1.40. The largest absolute Gasteiger partial charge is 0.379 e. The Bertz CT molecular complexity index is 379. The first-order valence-corrected chi connectivity index (χ1v) is 9.23. The van der Waals surface area contributed by atoms with E-state index in [1.165, 1.54) is 12.8 Å². The van der Waals surface area contributed by atoms with Crippen LogP contribution in [0.1, 0.15) is 19.3 Å². The van der Waals surface area contributed by atoms with Crippen molar-refractivity contribution in [1.29, 1.82) is 0 Å². The zero-order valence-electron chi connectivity index (χ0n) is 14.6. The van der Waals surface area contributed by atoms with Gasteiger partial charge in [0.25, 0.3) is 0 Å². The molecule has 0 unspecified atom stereocenters. The summed E-state index contributed by atoms with van der Waals surface area (Å²) in [5.41, 5.74) is 0. The maximum absolute atomic E-state index is 12.4. The van der Waals surface area contributed by atoms with Gasteiger partial charge in [0.05, 0.1) is 13.2 Å². The van der Waals surface area contributed by atoms with E-state index < -0.39 is 0 Å². The van der Waals surface area contributed by atoms with Crippen LogP contribution in [0.2, 0.25) is 0 Å². The molecular weight excluding hydrogens is 292 g/mol. The number of nitrogens with zero attached hydrogens (tertiary/aromatic N) is 4. The maximum atomic E-state index is 12.4. The number of likely N-dealkylation sites (N-methyl/N-ethyl adjacent to an activating group) is 1. The van der Waals surface area contributed by atoms with Gasteiger partial charge in [-0.25, -0.2) is 0 Å². The highest BCUT2D eigenvalue weighted by Gasteiger charge is 2.27. The van der Waals surface area contributed by atoms with E-state index in [-0.39, 0.29) is 0 Å². The second-order valence-corrected chi connectivity index (χ2v) is 7.18. The topological polar surface area (TPSA) is 39.3 Å². The number of piperazine rings is 1. The van der Waals surface area contributed by atoms with E-state index >= 15 is 0 Å². The van der Waals surface area contributed by atoms with Crippen molar-refractivity contribution in [2.24, 2.45) is 0 Å². The first-order valence-electron chi connectivity index (χ1n) is 9.23. The Morgan fingerprint density at radius 1 is 1.04 bits per heavy atom. The van der Waals surface area contributed by atoms with Crippen molar-refractivity contribution >= 4 is 5.91 Å². The lowest BCUT2D eigenvalue weighted by atomic mass is 10.0. The summed E-state index contributed by atoms with van der Waals surface area (Å²) < 4.78 is 5.46. The highest BCUT2D eigenvalue weighted by molar-refractivity contribution is 5.76. The van der Waals surface area contributed by atoms with Gasteiger partial charge in [-0.1, -0.05) is 0 Å². The van der Waals surface area contributed by atoms with Gasteiger partial charge < -0.3 is 19.4 Å². The molecule has 1 atom stereocenters. The quantitative estimate of drug-likeness (QED) is 0.725. The number of rotatable bonds is 4. The number of likely N-dealkylation sites (tertiary alicyclic amines) is 1. The molecule has 0 spiro atoms. The van der Waals surface area contributed by atoms with Crippen LogP contribution >= 0.6 is 0 Å². The fourth-order valence-corrected chi connectivity index (χ4v) is 3.94. The molecule has 3 saturated heterocycles. The molecule has 3 aliphatic rings. The van der Waals surface area contributed by atoms with Gasteiger partial charge in [0.1, 0.15) is 0 Å². The first-order chi connectivity index (χ1) is 11.2. The van der Waals surface area contributed by atoms with Gasteiger partial charge in [-0.2, -0.15) is 0 Å². The number of carbonyl (C=O) groups excluding carboxylic acids is 1. The van der Waals surface area contributed by atoms with E-state index in [1.807, 2.05) is 4.90 Å². The maximum Gasteiger partial charge on any atom is 0.223 e. The van der Waals surface area contributed by atoms with Crippen molar-refractivity contribution < 1.29 is 9.53 Å². The molecule has 132 valence electrons. The molecule has 3 aliphatic heterocycles. The second-order valence-electron chi connectivity index (χ2n) is 7.18. The number of carbonyl (C=O) groups is 1. The van der Waals surface area contributed by atoms with Gasteiger partial charge in [0.15, 0.2) is 0 Å². The van der Waals surface area contributed by atoms with Crippen molar-refractivity contribution in [1.82, 2.24) is 19.6 Å². The fourth-order valence-electron chi connectivity index (χ4n) is 3.94. The van der Waals surface area contributed by atoms with Crippen LogP contribution < -0.4 is 0 Å². The number of piperidine rings is 1. The molecule has 1 amide bonds. The van der Waals surface area contributed by atoms with E-state index in [9.17, 15) is 4.79 Å². The summed E-state index contributed by atoms with van der Waals surface area (Å²) in [6.45, 7) is 10.9. The minimum Gasteiger partial charge on any atom is -0.379 e. The number of morpholine rings is 1. The van der Waals surface area contributed by atoms with Gasteiger partial charge in [-0.15, -0.1) is 0 Å². The van der Waals surface area contributed by atoms with Crippen LogP contribution in [0.25, 0.3) is 0 Å². The Hall–Kier alpha value is -0.690. The molecule has 6 nitrogen and oxygen atoms in total. The van der Waals surface area contributed by atoms with Gasteiger partial charge in [-0.3, -0.25) is 9.69 Å². The van der Waals surface area contributed by atoms with Gasteiger partial charge >= 0.3 is 0 Å². The van der Waals surface area contributed by atoms with Crippen LogP contribution in [-0.4, -0.2) is 111 Å². The molecule has 6 heteroatoms. The number of hydrogen-bond donors (Lipinski definition) is 0. The third-order valence-corrected chi connectivity index (χ3v) is 5.54. The van der Waals surface area contributed by atoms with Crippen LogP contribution in [0.3, 0.4) is 0 Å². The average molecular weight is 324 g/mol. The molecule has 23 heavy (non-hydrogen) atoms. The number of ether oxygens (including phenoxy) is 1. The van der Waals surface area contributed by atoms with Gasteiger partial charge in [0, 0.05) is 64.8 Å². The molecule has 0 aliphatic carbocycles. The molecule has 0 N–H and O–H groups in total. The fraction of sp³-hybridized carbons (Fsp3) is 0.941. The normalized spacial score (nSPS) is 28.9. The minimum atomic E-state index is 0.339. The van der Waals surface area contributed by atoms with Gasteiger partial charge in [0.2, 0.25) is 5.91 Å². The summed E-state index contributed by atoms with van der Waals surface area (Å²) in [4.78, 5) is 21.8. The summed E-state index contributed by atoms with van der Waals surface area (Å²) in [7, 11) is 2.13. The number of hydrogen-bond acceptors (Lipinski definition) is 5. The molecule has 0 aromatic heterocycles. The minimum absolute atomic E-state index is 0.339. The lowest BCUT2D eigenvalue weighted by Crippen LogP contribution is -2.52. The van der Waals surface area contributed by atoms with Gasteiger partial charge in [-0.05, 0) is 26.4 Å². The summed E-state index contributed by atoms with van der Waals surface area (Å²) in [5, 5.41) is 0. The average Bonchev–Trinajstić information content (AvgIpc) is 2.61. The van der Waals surface area contributed by atoms with Crippen molar-refractivity contribution in [3.8, 4) is 0 Å². The Morgan fingerprint density at radius 3 is 2.52 bits per heavy atom. The third kappa shape index (κ3) is 4.89. The van der Waals surface area contributed by atoms with Crippen molar-refractivity contribution in [2.75, 3.05) is 79.2 Å². The summed E-state index contributed by atoms with van der Waals surface area (Å²) in [6, 6.07) is 0.659. The lowest BCUT2D eigenvalue weighted by Gasteiger charge is -2.41. The third-order valence-electron chi connectivity index (χ3n) is 5.54. The molecule has 3 heterocycles. The zero-order valence-corrected chi connectivity index (χ0v) is 14.6. The summed E-state index contributed by atoms with van der Waals surface area (Å²) in [6.07, 6.45) is 3.23. The monoisotopic (exact) mass is 324 g/mol. The molecule has 0 radical (unpaired) electrons. The molecule has 3 fully saturated rings. The van der Waals surface area contributed by atoms with E-state index in [4.69, 9.17) is 4.74 Å². The highest BCUT2D eigenvalue weighted by atomic mass is 16.5. The Morgan fingerprint density at radius 2 is 1.78 bits per heavy atom. The predicted molar refractivity (Wildman–Crippen MR) is 90.5 cm³/mol. The second kappa shape index (κ2) is 8.42. The highest BCUT2D eigenvalue weighted by Crippen LogP contribution is 2.17. The molecular formula is C17H32N4O2. The summed E-state index contributed by atoms with van der Waals surface area (Å²) in [5.74, 6) is 0.339. The van der Waals surface area contributed by atoms with E-state index in [0.29, 0.717) is 18.4 Å². The first kappa shape index (κ1) is 17.1. The molecule has 0 saturated carbocycles. The SMILES string of the molecule is CN1CCN(C(=O)CCN2CCC[C@@H](N3CCOCC3)C2)CC1. The van der Waals surface area contributed by atoms with Crippen LogP contribution in [-0.2, 0) is 9.53 Å². The molecule has 0 aromatic rings. The smallest absolute Gasteiger partial charge is 0.223 e. The molecule has 3 rings (SSSR count). The molecule has 0 aromatic carbocycles. The van der Waals surface area contributed by atoms with Crippen molar-refractivity contribution in [3.05, 3.63) is 0 Å². The Kier molecular flexibility index (Phi) is 6.28. The standard InChI is InChI=1S/C17H32N4O2/c1-18-7-9-21(10-8-18)17(22)4-6-19-5-2-3-16(15-19)20-11-13-23-14-12-20/h16H,2-15H2,1H3/t16-/m1/s1.